The van der Waals surface area contributed by atoms with Crippen LogP contribution in [-0.2, 0) is 20.7 Å². The van der Waals surface area contributed by atoms with Crippen LogP contribution in [0.15, 0.2) is 36.8 Å². The number of benzene rings is 1. The molecule has 1 aromatic heterocycles. The highest BCUT2D eigenvalue weighted by Gasteiger charge is 2.26. The first-order valence-electron chi connectivity index (χ1n) is 8.35. The summed E-state index contributed by atoms with van der Waals surface area (Å²) in [5.74, 6) is -0.555. The molecule has 1 heterocycles. The normalized spacial score (nSPS) is 12.3. The van der Waals surface area contributed by atoms with E-state index in [1.807, 2.05) is 42.0 Å². The second kappa shape index (κ2) is 8.03. The maximum Gasteiger partial charge on any atom is 0.408 e. The number of methoxy groups -OCH3 is 1. The van der Waals surface area contributed by atoms with Gasteiger partial charge in [0.25, 0.3) is 0 Å². The number of imidazole rings is 1. The van der Waals surface area contributed by atoms with E-state index in [9.17, 15) is 9.59 Å². The number of aryl methyl sites for hydroxylation is 1. The van der Waals surface area contributed by atoms with E-state index in [4.69, 9.17) is 9.47 Å². The molecule has 7 heteroatoms. The predicted octanol–water partition coefficient (Wildman–Crippen LogP) is 2.79. The highest BCUT2D eigenvalue weighted by atomic mass is 16.6. The number of esters is 1. The minimum Gasteiger partial charge on any atom is -0.467 e. The average Bonchev–Trinajstić information content (AvgIpc) is 3.01. The zero-order valence-electron chi connectivity index (χ0n) is 15.8. The molecule has 0 radical (unpaired) electrons. The van der Waals surface area contributed by atoms with Gasteiger partial charge < -0.3 is 19.4 Å². The summed E-state index contributed by atoms with van der Waals surface area (Å²) < 4.78 is 11.8. The number of amides is 1. The third-order valence-electron chi connectivity index (χ3n) is 3.56. The quantitative estimate of drug-likeness (QED) is 0.830. The van der Waals surface area contributed by atoms with Gasteiger partial charge in [0, 0.05) is 18.3 Å². The Morgan fingerprint density at radius 3 is 2.46 bits per heavy atom. The number of carbonyl (C=O) groups is 2. The SMILES string of the molecule is COC(=O)[C@H](Cc1cn(-c2ccc(C)cc2)cn1)NC(=O)OC(C)(C)C. The molecular weight excluding hydrogens is 334 g/mol. The third kappa shape index (κ3) is 5.61. The molecule has 1 aromatic carbocycles. The van der Waals surface area contributed by atoms with Crippen molar-refractivity contribution in [2.75, 3.05) is 7.11 Å². The van der Waals surface area contributed by atoms with Crippen molar-refractivity contribution < 1.29 is 19.1 Å². The highest BCUT2D eigenvalue weighted by Crippen LogP contribution is 2.12. The summed E-state index contributed by atoms with van der Waals surface area (Å²) in [6, 6.07) is 7.11. The summed E-state index contributed by atoms with van der Waals surface area (Å²) in [4.78, 5) is 28.3. The minimum atomic E-state index is -0.879. The molecule has 1 atom stereocenters. The lowest BCUT2D eigenvalue weighted by molar-refractivity contribution is -0.143. The lowest BCUT2D eigenvalue weighted by Gasteiger charge is -2.22. The van der Waals surface area contributed by atoms with Crippen molar-refractivity contribution in [2.24, 2.45) is 0 Å². The highest BCUT2D eigenvalue weighted by molar-refractivity contribution is 5.81. The molecule has 0 bridgehead atoms. The molecule has 0 unspecified atom stereocenters. The van der Waals surface area contributed by atoms with Crippen molar-refractivity contribution in [3.05, 3.63) is 48.0 Å². The fraction of sp³-hybridized carbons (Fsp3) is 0.421. The van der Waals surface area contributed by atoms with Gasteiger partial charge in [-0.1, -0.05) is 17.7 Å². The second-order valence-electron chi connectivity index (χ2n) is 7.03. The Labute approximate surface area is 153 Å². The van der Waals surface area contributed by atoms with Crippen LogP contribution in [0, 0.1) is 6.92 Å². The first-order valence-corrected chi connectivity index (χ1v) is 8.35. The monoisotopic (exact) mass is 359 g/mol. The summed E-state index contributed by atoms with van der Waals surface area (Å²) in [5.41, 5.74) is 2.13. The van der Waals surface area contributed by atoms with E-state index in [2.05, 4.69) is 10.3 Å². The van der Waals surface area contributed by atoms with Crippen LogP contribution in [-0.4, -0.2) is 40.4 Å². The van der Waals surface area contributed by atoms with Gasteiger partial charge in [0.2, 0.25) is 0 Å². The van der Waals surface area contributed by atoms with E-state index < -0.39 is 23.7 Å². The largest absolute Gasteiger partial charge is 0.467 e. The summed E-state index contributed by atoms with van der Waals surface area (Å²) in [6.07, 6.45) is 3.01. The molecule has 0 saturated carbocycles. The molecular formula is C19H25N3O4. The van der Waals surface area contributed by atoms with Gasteiger partial charge in [0.15, 0.2) is 0 Å². The van der Waals surface area contributed by atoms with Crippen LogP contribution >= 0.6 is 0 Å². The molecule has 140 valence electrons. The van der Waals surface area contributed by atoms with E-state index in [1.54, 1.807) is 27.1 Å². The van der Waals surface area contributed by atoms with E-state index in [1.165, 1.54) is 12.7 Å². The molecule has 26 heavy (non-hydrogen) atoms. The fourth-order valence-corrected chi connectivity index (χ4v) is 2.32. The Kier molecular flexibility index (Phi) is 6.02. The van der Waals surface area contributed by atoms with Crippen LogP contribution < -0.4 is 5.32 Å². The number of hydrogen-bond donors (Lipinski definition) is 1. The van der Waals surface area contributed by atoms with Gasteiger partial charge in [-0.05, 0) is 39.8 Å². The fourth-order valence-electron chi connectivity index (χ4n) is 2.32. The Hall–Kier alpha value is -2.83. The van der Waals surface area contributed by atoms with Crippen molar-refractivity contribution in [3.8, 4) is 5.69 Å². The molecule has 1 N–H and O–H groups in total. The molecule has 2 rings (SSSR count). The summed E-state index contributed by atoms with van der Waals surface area (Å²) in [5, 5.41) is 2.54. The Morgan fingerprint density at radius 1 is 1.23 bits per heavy atom. The Balaban J connectivity index is 2.10. The van der Waals surface area contributed by atoms with Gasteiger partial charge in [-0.25, -0.2) is 14.6 Å². The maximum absolute atomic E-state index is 12.0. The summed E-state index contributed by atoms with van der Waals surface area (Å²) >= 11 is 0. The predicted molar refractivity (Wildman–Crippen MR) is 97.2 cm³/mol. The number of aromatic nitrogens is 2. The molecule has 0 fully saturated rings. The van der Waals surface area contributed by atoms with Crippen LogP contribution in [0.3, 0.4) is 0 Å². The van der Waals surface area contributed by atoms with Crippen molar-refractivity contribution >= 4 is 12.1 Å². The topological polar surface area (TPSA) is 82.5 Å². The van der Waals surface area contributed by atoms with Gasteiger partial charge in [0.05, 0.1) is 19.1 Å². The van der Waals surface area contributed by atoms with Crippen LogP contribution in [0.5, 0.6) is 0 Å². The van der Waals surface area contributed by atoms with E-state index >= 15 is 0 Å². The lowest BCUT2D eigenvalue weighted by Crippen LogP contribution is -2.45. The van der Waals surface area contributed by atoms with E-state index in [0.717, 1.165) is 5.69 Å². The zero-order valence-corrected chi connectivity index (χ0v) is 15.8. The Bertz CT molecular complexity index is 760. The van der Waals surface area contributed by atoms with Crippen LogP contribution in [0.1, 0.15) is 32.0 Å². The first kappa shape index (κ1) is 19.5. The van der Waals surface area contributed by atoms with Gasteiger partial charge in [0.1, 0.15) is 11.6 Å². The second-order valence-corrected chi connectivity index (χ2v) is 7.03. The van der Waals surface area contributed by atoms with Crippen LogP contribution in [0.4, 0.5) is 4.79 Å². The Morgan fingerprint density at radius 2 is 1.88 bits per heavy atom. The molecule has 0 aliphatic heterocycles. The standard InChI is InChI=1S/C19H25N3O4/c1-13-6-8-15(9-7-13)22-11-14(20-12-22)10-16(17(23)25-5)21-18(24)26-19(2,3)4/h6-9,11-12,16H,10H2,1-5H3,(H,21,24)/t16-/m0/s1. The first-order chi connectivity index (χ1) is 12.2. The zero-order chi connectivity index (χ0) is 19.3. The number of hydrogen-bond acceptors (Lipinski definition) is 5. The minimum absolute atomic E-state index is 0.199. The number of rotatable bonds is 5. The van der Waals surface area contributed by atoms with E-state index in [0.29, 0.717) is 5.69 Å². The third-order valence-corrected chi connectivity index (χ3v) is 3.56. The molecule has 1 amide bonds. The number of nitrogens with one attached hydrogen (secondary N) is 1. The number of nitrogens with zero attached hydrogens (tertiary/aromatic N) is 2. The number of alkyl carbamates (subject to hydrolysis) is 1. The van der Waals surface area contributed by atoms with Gasteiger partial charge in [-0.15, -0.1) is 0 Å². The summed E-state index contributed by atoms with van der Waals surface area (Å²) in [7, 11) is 1.27. The molecule has 7 nitrogen and oxygen atoms in total. The van der Waals surface area contributed by atoms with Crippen molar-refractivity contribution in [2.45, 2.75) is 45.8 Å². The lowest BCUT2D eigenvalue weighted by atomic mass is 10.1. The summed E-state index contributed by atoms with van der Waals surface area (Å²) in [6.45, 7) is 7.28. The van der Waals surface area contributed by atoms with Gasteiger partial charge in [-0.3, -0.25) is 0 Å². The maximum atomic E-state index is 12.0. The molecule has 0 spiro atoms. The van der Waals surface area contributed by atoms with Crippen molar-refractivity contribution in [3.63, 3.8) is 0 Å². The van der Waals surface area contributed by atoms with E-state index in [-0.39, 0.29) is 6.42 Å². The molecule has 0 aliphatic rings. The number of carbonyl (C=O) groups excluding carboxylic acids is 2. The molecule has 0 saturated heterocycles. The smallest absolute Gasteiger partial charge is 0.408 e. The molecule has 0 aliphatic carbocycles. The van der Waals surface area contributed by atoms with Crippen LogP contribution in [0.25, 0.3) is 5.69 Å². The number of ether oxygens (including phenoxy) is 2. The van der Waals surface area contributed by atoms with Gasteiger partial charge in [-0.2, -0.15) is 0 Å². The van der Waals surface area contributed by atoms with Gasteiger partial charge >= 0.3 is 12.1 Å². The van der Waals surface area contributed by atoms with Crippen molar-refractivity contribution in [1.29, 1.82) is 0 Å². The molecule has 2 aromatic rings. The van der Waals surface area contributed by atoms with Crippen molar-refractivity contribution in [1.82, 2.24) is 14.9 Å². The average molecular weight is 359 g/mol. The van der Waals surface area contributed by atoms with Crippen LogP contribution in [0.2, 0.25) is 0 Å².